The van der Waals surface area contributed by atoms with Crippen molar-refractivity contribution in [2.45, 2.75) is 32.1 Å². The Balaban J connectivity index is 0.00000105. The average molecular weight is 483 g/mol. The maximum atomic E-state index is 14.5. The Morgan fingerprint density at radius 2 is 1.67 bits per heavy atom. The molecule has 0 amide bonds. The molecule has 1 fully saturated rings. The molecule has 5 rings (SSSR count). The van der Waals surface area contributed by atoms with Crippen LogP contribution in [0.1, 0.15) is 36.8 Å². The second-order valence-corrected chi connectivity index (χ2v) is 13.6. The summed E-state index contributed by atoms with van der Waals surface area (Å²) < 4.78 is 32.9. The second-order valence-electron chi connectivity index (χ2n) is 7.11. The maximum absolute atomic E-state index is 14.5. The minimum absolute atomic E-state index is 0. The fourth-order valence-corrected chi connectivity index (χ4v) is 12.7. The first-order valence-corrected chi connectivity index (χ1v) is 12.6. The molecule has 0 aliphatic heterocycles. The van der Waals surface area contributed by atoms with Crippen molar-refractivity contribution in [3.05, 3.63) is 74.6 Å². The molecule has 0 heterocycles. The number of halogens is 4. The Hall–Kier alpha value is -0.887. The van der Waals surface area contributed by atoms with Gasteiger partial charge in [-0.2, -0.15) is 0 Å². The summed E-state index contributed by atoms with van der Waals surface area (Å²) in [4.78, 5) is 0. The van der Waals surface area contributed by atoms with Gasteiger partial charge in [0.15, 0.2) is 0 Å². The average Bonchev–Trinajstić information content (AvgIpc) is 3.18. The van der Waals surface area contributed by atoms with Crippen molar-refractivity contribution in [2.75, 3.05) is 0 Å². The minimum Gasteiger partial charge on any atom is -1.00 e. The first-order valence-electron chi connectivity index (χ1n) is 8.90. The number of allylic oxidation sites excluding steroid dienone is 4. The molecule has 0 unspecified atom stereocenters. The molecule has 27 heavy (non-hydrogen) atoms. The van der Waals surface area contributed by atoms with Gasteiger partial charge in [0, 0.05) is 0 Å². The van der Waals surface area contributed by atoms with Crippen LogP contribution in [0.3, 0.4) is 0 Å². The molecule has 3 aliphatic carbocycles. The number of rotatable bonds is 2. The van der Waals surface area contributed by atoms with E-state index in [9.17, 15) is 8.78 Å². The molecule has 0 spiro atoms. The first-order chi connectivity index (χ1) is 12.2. The smallest absolute Gasteiger partial charge is 1.00 e. The molecule has 0 atom stereocenters. The zero-order valence-electron chi connectivity index (χ0n) is 14.7. The Morgan fingerprint density at radius 1 is 0.889 bits per heavy atom. The predicted molar refractivity (Wildman–Crippen MR) is 94.9 cm³/mol. The van der Waals surface area contributed by atoms with Crippen molar-refractivity contribution in [3.63, 3.8) is 0 Å². The zero-order valence-corrected chi connectivity index (χ0v) is 18.6. The van der Waals surface area contributed by atoms with Crippen LogP contribution in [0.4, 0.5) is 8.78 Å². The second kappa shape index (κ2) is 8.23. The van der Waals surface area contributed by atoms with Crippen molar-refractivity contribution in [2.24, 2.45) is 0 Å². The third-order valence-electron chi connectivity index (χ3n) is 5.62. The van der Waals surface area contributed by atoms with Gasteiger partial charge in [0.2, 0.25) is 0 Å². The molecule has 138 valence electrons. The van der Waals surface area contributed by atoms with Crippen molar-refractivity contribution in [1.82, 2.24) is 0 Å². The molecule has 1 saturated carbocycles. The molecule has 0 bridgehead atoms. The standard InChI is InChI=1S/C13H7F2.C5H5.C4H6.2ClH.Zr/c14-10-3-1-8-5-9-2-4-11(15)7-13(9)12(8)6-10;1-2-4-5-3-1;1-2-4-3-1;;;/h1,3-4,6-7H,5H2;1-3H,4H2;1-3H2;2*1H;/q;;;;;+2/p-2. The van der Waals surface area contributed by atoms with E-state index in [1.165, 1.54) is 34.2 Å². The first kappa shape index (κ1) is 20.8. The Bertz CT molecular complexity index is 1000. The van der Waals surface area contributed by atoms with E-state index in [2.05, 4.69) is 18.2 Å². The molecule has 3 aliphatic rings. The van der Waals surface area contributed by atoms with E-state index < -0.39 is 21.3 Å². The number of hydrogen-bond acceptors (Lipinski definition) is 0. The van der Waals surface area contributed by atoms with E-state index in [1.54, 1.807) is 24.7 Å². The molecule has 0 radical (unpaired) electrons. The van der Waals surface area contributed by atoms with E-state index in [4.69, 9.17) is 0 Å². The molecule has 0 nitrogen and oxygen atoms in total. The molecule has 0 N–H and O–H groups in total. The number of benzene rings is 2. The SMILES string of the molecule is Fc1ccc2c(c1)-c1cc(F)c[c]([Zr+2]([C]3=CC=CC3)=[C]3CCC3)c1C2.[Cl-].[Cl-]. The van der Waals surface area contributed by atoms with Crippen molar-refractivity contribution >= 4 is 6.48 Å². The van der Waals surface area contributed by atoms with Gasteiger partial charge in [-0.05, 0) is 0 Å². The molecular formula is C22H18Cl2F2Zr. The van der Waals surface area contributed by atoms with Crippen LogP contribution >= 0.6 is 0 Å². The molecule has 0 saturated heterocycles. The van der Waals surface area contributed by atoms with Gasteiger partial charge in [-0.15, -0.1) is 0 Å². The molecule has 0 aromatic heterocycles. The fourth-order valence-electron chi connectivity index (χ4n) is 4.26. The van der Waals surface area contributed by atoms with Crippen LogP contribution < -0.4 is 28.1 Å². The van der Waals surface area contributed by atoms with Gasteiger partial charge in [0.05, 0.1) is 0 Å². The fraction of sp³-hybridized carbons (Fsp3) is 0.227. The third kappa shape index (κ3) is 3.59. The third-order valence-corrected chi connectivity index (χ3v) is 13.5. The van der Waals surface area contributed by atoms with Crippen LogP contribution in [0.15, 0.2) is 51.8 Å². The molecule has 5 heteroatoms. The Kier molecular flexibility index (Phi) is 6.35. The summed E-state index contributed by atoms with van der Waals surface area (Å²) in [6.45, 7) is 0. The van der Waals surface area contributed by atoms with Gasteiger partial charge in [-0.3, -0.25) is 0 Å². The predicted octanol–water partition coefficient (Wildman–Crippen LogP) is -1.01. The van der Waals surface area contributed by atoms with Crippen LogP contribution in [-0.2, 0) is 27.7 Å². The minimum atomic E-state index is -2.19. The van der Waals surface area contributed by atoms with Gasteiger partial charge in [0.25, 0.3) is 0 Å². The zero-order chi connectivity index (χ0) is 17.0. The summed E-state index contributed by atoms with van der Waals surface area (Å²) in [6, 6.07) is 8.37. The van der Waals surface area contributed by atoms with Crippen LogP contribution in [0, 0.1) is 11.6 Å². The van der Waals surface area contributed by atoms with Gasteiger partial charge in [0.1, 0.15) is 0 Å². The summed E-state index contributed by atoms with van der Waals surface area (Å²) >= 11 is -2.19. The normalized spacial score (nSPS) is 15.6. The van der Waals surface area contributed by atoms with Gasteiger partial charge in [-0.1, -0.05) is 0 Å². The van der Waals surface area contributed by atoms with Crippen LogP contribution in [-0.4, -0.2) is 3.21 Å². The van der Waals surface area contributed by atoms with Crippen LogP contribution in [0.25, 0.3) is 11.1 Å². The van der Waals surface area contributed by atoms with Crippen molar-refractivity contribution in [3.8, 4) is 11.1 Å². The van der Waals surface area contributed by atoms with Crippen LogP contribution in [0.2, 0.25) is 0 Å². The summed E-state index contributed by atoms with van der Waals surface area (Å²) in [5.74, 6) is -0.414. The Morgan fingerprint density at radius 3 is 2.33 bits per heavy atom. The summed E-state index contributed by atoms with van der Waals surface area (Å²) in [6.07, 6.45) is 12.2. The van der Waals surface area contributed by atoms with E-state index in [1.807, 2.05) is 6.07 Å². The van der Waals surface area contributed by atoms with E-state index in [0.717, 1.165) is 29.5 Å². The Labute approximate surface area is 178 Å². The van der Waals surface area contributed by atoms with E-state index in [-0.39, 0.29) is 36.4 Å². The van der Waals surface area contributed by atoms with Gasteiger partial charge >= 0.3 is 154 Å². The van der Waals surface area contributed by atoms with Crippen LogP contribution in [0.5, 0.6) is 0 Å². The molecule has 2 aromatic rings. The summed E-state index contributed by atoms with van der Waals surface area (Å²) in [5, 5.41) is 0. The number of fused-ring (bicyclic) bond motifs is 3. The van der Waals surface area contributed by atoms with Gasteiger partial charge < -0.3 is 24.8 Å². The number of hydrogen-bond donors (Lipinski definition) is 0. The van der Waals surface area contributed by atoms with E-state index in [0.29, 0.717) is 0 Å². The summed E-state index contributed by atoms with van der Waals surface area (Å²) in [5.41, 5.74) is 4.21. The van der Waals surface area contributed by atoms with E-state index >= 15 is 0 Å². The quantitative estimate of drug-likeness (QED) is 0.439. The summed E-state index contributed by atoms with van der Waals surface area (Å²) in [7, 11) is 0. The van der Waals surface area contributed by atoms with Crippen molar-refractivity contribution < 1.29 is 54.9 Å². The maximum Gasteiger partial charge on any atom is -1.00 e. The monoisotopic (exact) mass is 480 g/mol. The molecular weight excluding hydrogens is 464 g/mol. The molecule has 2 aromatic carbocycles. The van der Waals surface area contributed by atoms with Crippen molar-refractivity contribution in [1.29, 1.82) is 0 Å². The topological polar surface area (TPSA) is 0 Å². The largest absolute Gasteiger partial charge is 1.00 e. The van der Waals surface area contributed by atoms with Gasteiger partial charge in [-0.25, -0.2) is 0 Å².